The summed E-state index contributed by atoms with van der Waals surface area (Å²) in [7, 11) is -1.14. The van der Waals surface area contributed by atoms with E-state index in [0.717, 1.165) is 11.5 Å². The van der Waals surface area contributed by atoms with Gasteiger partial charge in [0.15, 0.2) is 0 Å². The van der Waals surface area contributed by atoms with Crippen molar-refractivity contribution in [2.75, 3.05) is 6.61 Å². The van der Waals surface area contributed by atoms with Gasteiger partial charge in [-0.1, -0.05) is 62.4 Å². The first-order chi connectivity index (χ1) is 13.2. The van der Waals surface area contributed by atoms with Gasteiger partial charge in [-0.3, -0.25) is 0 Å². The Bertz CT molecular complexity index is 888. The molecule has 1 aliphatic heterocycles. The van der Waals surface area contributed by atoms with Crippen molar-refractivity contribution < 1.29 is 25.2 Å². The summed E-state index contributed by atoms with van der Waals surface area (Å²) >= 11 is 0. The summed E-state index contributed by atoms with van der Waals surface area (Å²) in [5.74, 6) is 1.29. The van der Waals surface area contributed by atoms with E-state index in [-0.39, 0.29) is 33.9 Å². The van der Waals surface area contributed by atoms with E-state index in [1.165, 1.54) is 15.9 Å². The van der Waals surface area contributed by atoms with Crippen LogP contribution >= 0.6 is 7.92 Å². The van der Waals surface area contributed by atoms with E-state index in [9.17, 15) is 0 Å². The standard InChI is InChI=1S/C24H24NOP.CH3.Pd/c1-18(2)22-17-26-24(25-22)21-15-9-10-16-23(21)27(19-11-5-3-6-12-19)20-13-7-4-8-14-20;;/h3-16,18,22H,17H2,1-2H3;1H3;/q;-1;/p+1/t22-;;/m0../s1. The quantitative estimate of drug-likeness (QED) is 0.292. The molecular weight excluding hydrogens is 468 g/mol. The molecule has 2 nitrogen and oxygen atoms in total. The molecule has 0 aromatic heterocycles. The Labute approximate surface area is 189 Å². The topological polar surface area (TPSA) is 21.6 Å². The van der Waals surface area contributed by atoms with E-state index >= 15 is 0 Å². The second-order valence-corrected chi connectivity index (χ2v) is 9.65. The van der Waals surface area contributed by atoms with Crippen molar-refractivity contribution in [3.05, 3.63) is 97.9 Å². The van der Waals surface area contributed by atoms with Crippen LogP contribution in [0.1, 0.15) is 19.4 Å². The number of benzene rings is 3. The van der Waals surface area contributed by atoms with E-state index in [2.05, 4.69) is 98.8 Å². The molecule has 0 aliphatic carbocycles. The second-order valence-electron chi connectivity index (χ2n) is 7.21. The Morgan fingerprint density at radius 3 is 1.86 bits per heavy atom. The normalized spacial score (nSPS) is 15.3. The van der Waals surface area contributed by atoms with Crippen molar-refractivity contribution in [1.82, 2.24) is 0 Å². The molecule has 29 heavy (non-hydrogen) atoms. The van der Waals surface area contributed by atoms with Crippen LogP contribution in [0.2, 0.25) is 0 Å². The third-order valence-electron chi connectivity index (χ3n) is 5.00. The number of rotatable bonds is 5. The van der Waals surface area contributed by atoms with Gasteiger partial charge in [0.1, 0.15) is 22.5 Å². The molecule has 0 saturated heterocycles. The smallest absolute Gasteiger partial charge is 0.220 e. The van der Waals surface area contributed by atoms with Crippen LogP contribution in [-0.2, 0) is 25.2 Å². The fraction of sp³-hybridized carbons (Fsp3) is 0.200. The zero-order valence-corrected chi connectivity index (χ0v) is 19.7. The Morgan fingerprint density at radius 1 is 0.828 bits per heavy atom. The third-order valence-corrected chi connectivity index (χ3v) is 7.79. The molecule has 0 N–H and O–H groups in total. The van der Waals surface area contributed by atoms with Crippen molar-refractivity contribution in [2.45, 2.75) is 19.9 Å². The Hall–Kier alpha value is -1.78. The van der Waals surface area contributed by atoms with Crippen molar-refractivity contribution in [3.8, 4) is 0 Å². The molecule has 3 aromatic carbocycles. The number of aliphatic imine (C=N–C) groups is 1. The number of nitrogens with zero attached hydrogens (tertiary/aromatic N) is 1. The fourth-order valence-electron chi connectivity index (χ4n) is 3.45. The minimum atomic E-state index is -1.14. The van der Waals surface area contributed by atoms with Crippen LogP contribution in [-0.4, -0.2) is 18.5 Å². The van der Waals surface area contributed by atoms with E-state index in [0.29, 0.717) is 12.5 Å². The van der Waals surface area contributed by atoms with Gasteiger partial charge < -0.3 is 12.2 Å². The van der Waals surface area contributed by atoms with Crippen molar-refractivity contribution in [3.63, 3.8) is 0 Å². The van der Waals surface area contributed by atoms with E-state index in [1.807, 2.05) is 0 Å². The zero-order valence-electron chi connectivity index (χ0n) is 17.1. The van der Waals surface area contributed by atoms with Crippen LogP contribution < -0.4 is 15.9 Å². The maximum Gasteiger partial charge on any atom is 0.220 e. The largest absolute Gasteiger partial charge is 0.475 e. The molecule has 154 valence electrons. The number of hydrogen-bond acceptors (Lipinski definition) is 2. The van der Waals surface area contributed by atoms with Gasteiger partial charge >= 0.3 is 0 Å². The van der Waals surface area contributed by atoms with E-state index in [4.69, 9.17) is 9.73 Å². The molecule has 1 aliphatic rings. The fourth-order valence-corrected chi connectivity index (χ4v) is 6.18. The summed E-state index contributed by atoms with van der Waals surface area (Å²) in [4.78, 5) is 4.90. The predicted octanol–water partition coefficient (Wildman–Crippen LogP) is 4.43. The first-order valence-corrected chi connectivity index (χ1v) is 11.0. The summed E-state index contributed by atoms with van der Waals surface area (Å²) in [6, 6.07) is 30.5. The van der Waals surface area contributed by atoms with Gasteiger partial charge in [-0.2, -0.15) is 0 Å². The van der Waals surface area contributed by atoms with Gasteiger partial charge in [-0.25, -0.2) is 4.99 Å². The molecule has 0 unspecified atom stereocenters. The van der Waals surface area contributed by atoms with Crippen molar-refractivity contribution in [1.29, 1.82) is 0 Å². The van der Waals surface area contributed by atoms with Crippen LogP contribution in [0.5, 0.6) is 0 Å². The molecule has 0 amide bonds. The average Bonchev–Trinajstić information content (AvgIpc) is 3.21. The summed E-state index contributed by atoms with van der Waals surface area (Å²) < 4.78 is 6.04. The van der Waals surface area contributed by atoms with Gasteiger partial charge in [0, 0.05) is 20.4 Å². The molecule has 0 saturated carbocycles. The van der Waals surface area contributed by atoms with Gasteiger partial charge in [-0.05, 0) is 42.3 Å². The van der Waals surface area contributed by atoms with Gasteiger partial charge in [0.2, 0.25) is 5.90 Å². The Balaban J connectivity index is 0.00000150. The molecule has 0 fully saturated rings. The summed E-state index contributed by atoms with van der Waals surface area (Å²) in [5, 5.41) is 4.09. The number of hydrogen-bond donors (Lipinski definition) is 0. The maximum absolute atomic E-state index is 6.04. The average molecular weight is 496 g/mol. The molecular formula is C25H28NOPPd. The molecule has 0 radical (unpaired) electrons. The van der Waals surface area contributed by atoms with Crippen LogP contribution in [0.15, 0.2) is 89.9 Å². The van der Waals surface area contributed by atoms with E-state index in [1.54, 1.807) is 0 Å². The summed E-state index contributed by atoms with van der Waals surface area (Å²) in [6.07, 6.45) is 0. The molecule has 3 aromatic rings. The number of ether oxygens (including phenoxy) is 1. The molecule has 1 atom stereocenters. The zero-order chi connectivity index (χ0) is 18.6. The first kappa shape index (κ1) is 23.5. The monoisotopic (exact) mass is 495 g/mol. The van der Waals surface area contributed by atoms with Gasteiger partial charge in [0.25, 0.3) is 0 Å². The van der Waals surface area contributed by atoms with Crippen molar-refractivity contribution in [2.24, 2.45) is 10.9 Å². The van der Waals surface area contributed by atoms with Crippen molar-refractivity contribution >= 4 is 29.7 Å². The van der Waals surface area contributed by atoms with Gasteiger partial charge in [0.05, 0.1) is 19.5 Å². The molecule has 0 bridgehead atoms. The molecule has 4 heteroatoms. The van der Waals surface area contributed by atoms with Crippen LogP contribution in [0.3, 0.4) is 0 Å². The van der Waals surface area contributed by atoms with E-state index < -0.39 is 7.92 Å². The van der Waals surface area contributed by atoms with Gasteiger partial charge in [-0.15, -0.1) is 0 Å². The molecule has 0 spiro atoms. The van der Waals surface area contributed by atoms with Crippen LogP contribution in [0, 0.1) is 13.3 Å². The second kappa shape index (κ2) is 10.8. The maximum atomic E-state index is 6.04. The SMILES string of the molecule is CC(C)[C@@H]1COC(c2ccccc2[PH+](c2ccccc2)c2ccccc2)=N1.[CH3-].[Pd]. The third kappa shape index (κ3) is 5.23. The first-order valence-electron chi connectivity index (χ1n) is 9.52. The van der Waals surface area contributed by atoms with Crippen LogP contribution in [0.4, 0.5) is 0 Å². The predicted molar refractivity (Wildman–Crippen MR) is 124 cm³/mol. The minimum absolute atomic E-state index is 0. The molecule has 1 heterocycles. The summed E-state index contributed by atoms with van der Waals surface area (Å²) in [5.41, 5.74) is 1.14. The Kier molecular flexibility index (Phi) is 8.79. The molecule has 4 rings (SSSR count). The van der Waals surface area contributed by atoms with Crippen LogP contribution in [0.25, 0.3) is 0 Å². The summed E-state index contributed by atoms with van der Waals surface area (Å²) in [6.45, 7) is 5.09. The minimum Gasteiger partial charge on any atom is -0.475 e. The Morgan fingerprint density at radius 2 is 1.34 bits per heavy atom.